The van der Waals surface area contributed by atoms with E-state index >= 15 is 0 Å². The number of anilines is 1. The molecule has 0 N–H and O–H groups in total. The largest absolute Gasteiger partial charge is 0.368 e. The summed E-state index contributed by atoms with van der Waals surface area (Å²) in [5.41, 5.74) is 2.15. The average Bonchev–Trinajstić information content (AvgIpc) is 3.22. The standard InChI is InChI=1S/C23H23FN4O2/c24-20-7-2-1-6-19(20)23(29)28-14-12-27(13-15-28)18-10-8-16(9-11-18)21-25-22(30-26-21)17-4-3-5-17/h1-2,6-11,17H,3-5,12-15H2. The smallest absolute Gasteiger partial charge is 0.256 e. The van der Waals surface area contributed by atoms with Crippen LogP contribution in [0.25, 0.3) is 11.4 Å². The van der Waals surface area contributed by atoms with Crippen LogP contribution in [-0.2, 0) is 0 Å². The molecular weight excluding hydrogens is 383 g/mol. The Morgan fingerprint density at radius 1 is 1.00 bits per heavy atom. The normalized spacial score (nSPS) is 17.1. The quantitative estimate of drug-likeness (QED) is 0.653. The van der Waals surface area contributed by atoms with E-state index in [2.05, 4.69) is 15.0 Å². The number of hydrogen-bond donors (Lipinski definition) is 0. The third-order valence-corrected chi connectivity index (χ3v) is 6.06. The molecule has 1 aliphatic heterocycles. The minimum atomic E-state index is -0.470. The first-order valence-corrected chi connectivity index (χ1v) is 10.4. The highest BCUT2D eigenvalue weighted by molar-refractivity contribution is 5.94. The Bertz CT molecular complexity index is 1040. The van der Waals surface area contributed by atoms with E-state index in [4.69, 9.17) is 4.52 Å². The molecule has 1 amide bonds. The highest BCUT2D eigenvalue weighted by atomic mass is 19.1. The highest BCUT2D eigenvalue weighted by Gasteiger charge is 2.26. The van der Waals surface area contributed by atoms with Crippen molar-refractivity contribution < 1.29 is 13.7 Å². The summed E-state index contributed by atoms with van der Waals surface area (Å²) in [5, 5.41) is 4.12. The monoisotopic (exact) mass is 406 g/mol. The van der Waals surface area contributed by atoms with Crippen LogP contribution in [0.4, 0.5) is 10.1 Å². The molecule has 3 aromatic rings. The molecule has 6 nitrogen and oxygen atoms in total. The third kappa shape index (κ3) is 3.56. The maximum atomic E-state index is 13.9. The number of rotatable bonds is 4. The van der Waals surface area contributed by atoms with Crippen LogP contribution in [0.1, 0.15) is 41.4 Å². The summed E-state index contributed by atoms with van der Waals surface area (Å²) < 4.78 is 19.3. The first-order chi connectivity index (χ1) is 14.7. The number of hydrogen-bond acceptors (Lipinski definition) is 5. The van der Waals surface area contributed by atoms with Gasteiger partial charge in [-0.25, -0.2) is 4.39 Å². The lowest BCUT2D eigenvalue weighted by molar-refractivity contribution is 0.0742. The zero-order valence-corrected chi connectivity index (χ0v) is 16.6. The number of aromatic nitrogens is 2. The summed E-state index contributed by atoms with van der Waals surface area (Å²) in [4.78, 5) is 21.1. The number of nitrogens with zero attached hydrogens (tertiary/aromatic N) is 4. The van der Waals surface area contributed by atoms with Gasteiger partial charge in [-0.3, -0.25) is 4.79 Å². The van der Waals surface area contributed by atoms with Crippen LogP contribution in [0.3, 0.4) is 0 Å². The zero-order chi connectivity index (χ0) is 20.5. The van der Waals surface area contributed by atoms with E-state index in [-0.39, 0.29) is 11.5 Å². The third-order valence-electron chi connectivity index (χ3n) is 6.06. The van der Waals surface area contributed by atoms with Crippen LogP contribution in [-0.4, -0.2) is 47.1 Å². The Hall–Kier alpha value is -3.22. The van der Waals surface area contributed by atoms with Crippen molar-refractivity contribution in [1.29, 1.82) is 0 Å². The van der Waals surface area contributed by atoms with Crippen LogP contribution < -0.4 is 4.90 Å². The zero-order valence-electron chi connectivity index (χ0n) is 16.6. The van der Waals surface area contributed by atoms with Gasteiger partial charge in [-0.05, 0) is 49.2 Å². The minimum Gasteiger partial charge on any atom is -0.368 e. The number of carbonyl (C=O) groups is 1. The molecule has 0 spiro atoms. The van der Waals surface area contributed by atoms with E-state index in [1.165, 1.54) is 18.6 Å². The fourth-order valence-corrected chi connectivity index (χ4v) is 3.97. The molecule has 2 heterocycles. The van der Waals surface area contributed by atoms with Crippen molar-refractivity contribution in [2.24, 2.45) is 0 Å². The lowest BCUT2D eigenvalue weighted by Gasteiger charge is -2.36. The Balaban J connectivity index is 1.22. The van der Waals surface area contributed by atoms with Gasteiger partial charge in [-0.1, -0.05) is 23.7 Å². The molecule has 2 aromatic carbocycles. The van der Waals surface area contributed by atoms with Gasteiger partial charge in [-0.15, -0.1) is 0 Å². The molecule has 1 saturated carbocycles. The van der Waals surface area contributed by atoms with E-state index in [1.807, 2.05) is 24.3 Å². The van der Waals surface area contributed by atoms with Crippen LogP contribution in [0.15, 0.2) is 53.1 Å². The molecule has 1 saturated heterocycles. The summed E-state index contributed by atoms with van der Waals surface area (Å²) in [7, 11) is 0. The van der Waals surface area contributed by atoms with Gasteiger partial charge >= 0.3 is 0 Å². The van der Waals surface area contributed by atoms with Crippen molar-refractivity contribution >= 4 is 11.6 Å². The summed E-state index contributed by atoms with van der Waals surface area (Å²) in [6.45, 7) is 2.52. The summed E-state index contributed by atoms with van der Waals surface area (Å²) in [5.74, 6) is 1.08. The molecule has 30 heavy (non-hydrogen) atoms. The fourth-order valence-electron chi connectivity index (χ4n) is 3.97. The first-order valence-electron chi connectivity index (χ1n) is 10.4. The molecule has 1 aliphatic carbocycles. The van der Waals surface area contributed by atoms with Gasteiger partial charge in [0.05, 0.1) is 5.56 Å². The van der Waals surface area contributed by atoms with E-state index in [0.29, 0.717) is 37.9 Å². The second kappa shape index (κ2) is 7.89. The Morgan fingerprint density at radius 2 is 1.73 bits per heavy atom. The molecule has 0 atom stereocenters. The molecule has 1 aromatic heterocycles. The van der Waals surface area contributed by atoms with Crippen molar-refractivity contribution in [3.05, 3.63) is 65.8 Å². The molecule has 0 bridgehead atoms. The van der Waals surface area contributed by atoms with Crippen LogP contribution in [0.5, 0.6) is 0 Å². The molecule has 7 heteroatoms. The van der Waals surface area contributed by atoms with Gasteiger partial charge in [0.2, 0.25) is 11.7 Å². The van der Waals surface area contributed by atoms with E-state index in [0.717, 1.165) is 30.0 Å². The van der Waals surface area contributed by atoms with Gasteiger partial charge in [0.15, 0.2) is 0 Å². The Kier molecular flexibility index (Phi) is 4.94. The van der Waals surface area contributed by atoms with Crippen LogP contribution >= 0.6 is 0 Å². The van der Waals surface area contributed by atoms with Crippen molar-refractivity contribution in [2.45, 2.75) is 25.2 Å². The predicted octanol–water partition coefficient (Wildman–Crippen LogP) is 4.11. The molecule has 0 radical (unpaired) electrons. The van der Waals surface area contributed by atoms with Gasteiger partial charge < -0.3 is 14.3 Å². The molecule has 2 aliphatic rings. The number of piperazine rings is 1. The van der Waals surface area contributed by atoms with Crippen LogP contribution in [0, 0.1) is 5.82 Å². The van der Waals surface area contributed by atoms with Crippen LogP contribution in [0.2, 0.25) is 0 Å². The Morgan fingerprint density at radius 3 is 2.40 bits per heavy atom. The van der Waals surface area contributed by atoms with Crippen molar-refractivity contribution in [3.8, 4) is 11.4 Å². The molecule has 5 rings (SSSR count). The SMILES string of the molecule is O=C(c1ccccc1F)N1CCN(c2ccc(-c3noc(C4CCC4)n3)cc2)CC1. The van der Waals surface area contributed by atoms with Crippen molar-refractivity contribution in [3.63, 3.8) is 0 Å². The maximum Gasteiger partial charge on any atom is 0.256 e. The summed E-state index contributed by atoms with van der Waals surface area (Å²) in [6, 6.07) is 14.2. The van der Waals surface area contributed by atoms with Crippen molar-refractivity contribution in [1.82, 2.24) is 15.0 Å². The van der Waals surface area contributed by atoms with Gasteiger partial charge in [-0.2, -0.15) is 4.98 Å². The number of halogens is 1. The molecular formula is C23H23FN4O2. The Labute approximate surface area is 174 Å². The summed E-state index contributed by atoms with van der Waals surface area (Å²) >= 11 is 0. The van der Waals surface area contributed by atoms with E-state index in [9.17, 15) is 9.18 Å². The molecule has 154 valence electrons. The molecule has 0 unspecified atom stereocenters. The molecule has 2 fully saturated rings. The lowest BCUT2D eigenvalue weighted by Crippen LogP contribution is -2.49. The number of carbonyl (C=O) groups excluding carboxylic acids is 1. The second-order valence-corrected chi connectivity index (χ2v) is 7.89. The van der Waals surface area contributed by atoms with E-state index in [1.54, 1.807) is 17.0 Å². The topological polar surface area (TPSA) is 62.5 Å². The van der Waals surface area contributed by atoms with Crippen molar-refractivity contribution in [2.75, 3.05) is 31.1 Å². The van der Waals surface area contributed by atoms with Gasteiger partial charge in [0, 0.05) is 43.3 Å². The van der Waals surface area contributed by atoms with E-state index < -0.39 is 5.82 Å². The average molecular weight is 406 g/mol. The lowest BCUT2D eigenvalue weighted by atomic mass is 9.85. The second-order valence-electron chi connectivity index (χ2n) is 7.89. The van der Waals surface area contributed by atoms with Gasteiger partial charge in [0.1, 0.15) is 5.82 Å². The highest BCUT2D eigenvalue weighted by Crippen LogP contribution is 2.36. The summed E-state index contributed by atoms with van der Waals surface area (Å²) in [6.07, 6.45) is 3.49. The number of amides is 1. The predicted molar refractivity (Wildman–Crippen MR) is 111 cm³/mol. The minimum absolute atomic E-state index is 0.136. The maximum absolute atomic E-state index is 13.9. The first kappa shape index (κ1) is 18.8. The fraction of sp³-hybridized carbons (Fsp3) is 0.348. The number of benzene rings is 2. The van der Waals surface area contributed by atoms with Gasteiger partial charge in [0.25, 0.3) is 5.91 Å².